The van der Waals surface area contributed by atoms with Gasteiger partial charge in [0.15, 0.2) is 0 Å². The lowest BCUT2D eigenvalue weighted by atomic mass is 10.3. The molecule has 0 aliphatic heterocycles. The summed E-state index contributed by atoms with van der Waals surface area (Å²) in [6, 6.07) is 4.24. The maximum atomic E-state index is 12.5. The molecular formula is C7H7ClFNO. The molecule has 11 heavy (non-hydrogen) atoms. The topological polar surface area (TPSA) is 21.3 Å². The molecule has 0 aliphatic carbocycles. The minimum Gasteiger partial charge on any atom is -0.279 e. The first-order valence-corrected chi connectivity index (χ1v) is 3.36. The van der Waals surface area contributed by atoms with E-state index in [1.165, 1.54) is 25.3 Å². The Morgan fingerprint density at radius 2 is 2.27 bits per heavy atom. The Balaban J connectivity index is 2.86. The molecule has 1 rings (SSSR count). The van der Waals surface area contributed by atoms with E-state index < -0.39 is 5.82 Å². The predicted octanol–water partition coefficient (Wildman–Crippen LogP) is 2.45. The second-order valence-electron chi connectivity index (χ2n) is 1.94. The molecule has 0 bridgehead atoms. The highest BCUT2D eigenvalue weighted by Gasteiger charge is 1.98. The summed E-state index contributed by atoms with van der Waals surface area (Å²) in [4.78, 5) is 4.59. The molecule has 0 aromatic heterocycles. The number of hydrogen-bond acceptors (Lipinski definition) is 2. The first kappa shape index (κ1) is 8.30. The number of nitrogens with one attached hydrogen (secondary N) is 1. The van der Waals surface area contributed by atoms with Gasteiger partial charge in [0.25, 0.3) is 0 Å². The molecule has 0 heterocycles. The second kappa shape index (κ2) is 3.55. The van der Waals surface area contributed by atoms with Crippen molar-refractivity contribution < 1.29 is 9.23 Å². The van der Waals surface area contributed by atoms with Crippen LogP contribution in [0, 0.1) is 5.82 Å². The van der Waals surface area contributed by atoms with Crippen LogP contribution in [0.1, 0.15) is 0 Å². The summed E-state index contributed by atoms with van der Waals surface area (Å²) >= 11 is 5.48. The van der Waals surface area contributed by atoms with Crippen LogP contribution in [0.5, 0.6) is 0 Å². The van der Waals surface area contributed by atoms with Crippen LogP contribution in [0.2, 0.25) is 5.02 Å². The first-order valence-electron chi connectivity index (χ1n) is 2.98. The van der Waals surface area contributed by atoms with Gasteiger partial charge in [-0.2, -0.15) is 0 Å². The normalized spacial score (nSPS) is 9.73. The largest absolute Gasteiger partial charge is 0.279 e. The van der Waals surface area contributed by atoms with E-state index in [9.17, 15) is 4.39 Å². The van der Waals surface area contributed by atoms with Crippen molar-refractivity contribution in [2.75, 3.05) is 12.6 Å². The van der Waals surface area contributed by atoms with Crippen molar-refractivity contribution in [2.45, 2.75) is 0 Å². The van der Waals surface area contributed by atoms with Crippen molar-refractivity contribution in [1.82, 2.24) is 0 Å². The second-order valence-corrected chi connectivity index (χ2v) is 2.34. The summed E-state index contributed by atoms with van der Waals surface area (Å²) in [5.74, 6) is -0.437. The van der Waals surface area contributed by atoms with Gasteiger partial charge in [0, 0.05) is 0 Å². The molecule has 0 saturated heterocycles. The van der Waals surface area contributed by atoms with Gasteiger partial charge < -0.3 is 0 Å². The molecule has 1 N–H and O–H groups in total. The fourth-order valence-electron chi connectivity index (χ4n) is 0.677. The molecular weight excluding hydrogens is 169 g/mol. The summed E-state index contributed by atoms with van der Waals surface area (Å²) < 4.78 is 12.5. The van der Waals surface area contributed by atoms with E-state index in [0.29, 0.717) is 5.69 Å². The third kappa shape index (κ3) is 2.06. The molecule has 0 saturated carbocycles. The summed E-state index contributed by atoms with van der Waals surface area (Å²) in [5, 5.41) is 0.0760. The molecule has 2 nitrogen and oxygen atoms in total. The number of benzene rings is 1. The molecule has 0 atom stereocenters. The lowest BCUT2D eigenvalue weighted by molar-refractivity contribution is 0.271. The van der Waals surface area contributed by atoms with E-state index in [2.05, 4.69) is 10.3 Å². The highest BCUT2D eigenvalue weighted by molar-refractivity contribution is 6.31. The van der Waals surface area contributed by atoms with E-state index in [0.717, 1.165) is 0 Å². The van der Waals surface area contributed by atoms with E-state index in [-0.39, 0.29) is 5.02 Å². The van der Waals surface area contributed by atoms with Gasteiger partial charge in [-0.15, -0.1) is 0 Å². The number of rotatable bonds is 2. The Bertz CT molecular complexity index is 254. The van der Waals surface area contributed by atoms with Crippen LogP contribution in [0.4, 0.5) is 10.1 Å². The predicted molar refractivity (Wildman–Crippen MR) is 42.0 cm³/mol. The first-order chi connectivity index (χ1) is 5.24. The molecule has 0 fully saturated rings. The number of hydrogen-bond donors (Lipinski definition) is 1. The minimum absolute atomic E-state index is 0.0760. The van der Waals surface area contributed by atoms with E-state index in [4.69, 9.17) is 11.6 Å². The third-order valence-corrected chi connectivity index (χ3v) is 1.43. The van der Waals surface area contributed by atoms with E-state index >= 15 is 0 Å². The molecule has 0 unspecified atom stereocenters. The Morgan fingerprint density at radius 1 is 1.55 bits per heavy atom. The minimum atomic E-state index is -0.437. The standard InChI is InChI=1S/C7H7ClFNO/c1-11-10-5-2-3-7(9)6(8)4-5/h2-4,10H,1H3. The Hall–Kier alpha value is -0.800. The van der Waals surface area contributed by atoms with Crippen molar-refractivity contribution in [3.8, 4) is 0 Å². The summed E-state index contributed by atoms with van der Waals surface area (Å²) in [6.45, 7) is 0. The van der Waals surface area contributed by atoms with Crippen LogP contribution >= 0.6 is 11.6 Å². The van der Waals surface area contributed by atoms with Gasteiger partial charge in [-0.05, 0) is 18.2 Å². The van der Waals surface area contributed by atoms with Crippen molar-refractivity contribution in [3.05, 3.63) is 29.0 Å². The lowest BCUT2D eigenvalue weighted by Gasteiger charge is -2.02. The van der Waals surface area contributed by atoms with Crippen LogP contribution < -0.4 is 5.48 Å². The third-order valence-electron chi connectivity index (χ3n) is 1.14. The SMILES string of the molecule is CONc1ccc(F)c(Cl)c1. The molecule has 4 heteroatoms. The van der Waals surface area contributed by atoms with Gasteiger partial charge in [0.2, 0.25) is 0 Å². The monoisotopic (exact) mass is 175 g/mol. The van der Waals surface area contributed by atoms with Gasteiger partial charge in [0.1, 0.15) is 5.82 Å². The van der Waals surface area contributed by atoms with Crippen LogP contribution in [0.3, 0.4) is 0 Å². The summed E-state index contributed by atoms with van der Waals surface area (Å²) in [6.07, 6.45) is 0. The van der Waals surface area contributed by atoms with Gasteiger partial charge in [-0.3, -0.25) is 10.3 Å². The lowest BCUT2D eigenvalue weighted by Crippen LogP contribution is -1.95. The van der Waals surface area contributed by atoms with Gasteiger partial charge in [-0.25, -0.2) is 4.39 Å². The van der Waals surface area contributed by atoms with Crippen molar-refractivity contribution >= 4 is 17.3 Å². The average Bonchev–Trinajstić information content (AvgIpc) is 1.98. The van der Waals surface area contributed by atoms with Crippen LogP contribution in [-0.2, 0) is 4.84 Å². The zero-order valence-corrected chi connectivity index (χ0v) is 6.65. The van der Waals surface area contributed by atoms with Crippen molar-refractivity contribution in [3.63, 3.8) is 0 Å². The van der Waals surface area contributed by atoms with Crippen molar-refractivity contribution in [1.29, 1.82) is 0 Å². The van der Waals surface area contributed by atoms with E-state index in [1.807, 2.05) is 0 Å². The number of anilines is 1. The van der Waals surface area contributed by atoms with Gasteiger partial charge in [0.05, 0.1) is 17.8 Å². The van der Waals surface area contributed by atoms with Crippen LogP contribution in [-0.4, -0.2) is 7.11 Å². The summed E-state index contributed by atoms with van der Waals surface area (Å²) in [7, 11) is 1.47. The smallest absolute Gasteiger partial charge is 0.141 e. The van der Waals surface area contributed by atoms with Crippen molar-refractivity contribution in [2.24, 2.45) is 0 Å². The summed E-state index contributed by atoms with van der Waals surface area (Å²) in [5.41, 5.74) is 3.15. The number of halogens is 2. The molecule has 1 aromatic rings. The van der Waals surface area contributed by atoms with Gasteiger partial charge >= 0.3 is 0 Å². The zero-order chi connectivity index (χ0) is 8.27. The fourth-order valence-corrected chi connectivity index (χ4v) is 0.858. The molecule has 60 valence electrons. The van der Waals surface area contributed by atoms with E-state index in [1.54, 1.807) is 0 Å². The molecule has 0 radical (unpaired) electrons. The quantitative estimate of drug-likeness (QED) is 0.698. The molecule has 0 aliphatic rings. The molecule has 0 amide bonds. The van der Waals surface area contributed by atoms with Gasteiger partial charge in [-0.1, -0.05) is 11.6 Å². The molecule has 0 spiro atoms. The maximum Gasteiger partial charge on any atom is 0.141 e. The Morgan fingerprint density at radius 3 is 2.82 bits per heavy atom. The molecule has 1 aromatic carbocycles. The van der Waals surface area contributed by atoms with Crippen LogP contribution in [0.25, 0.3) is 0 Å². The average molecular weight is 176 g/mol. The highest BCUT2D eigenvalue weighted by atomic mass is 35.5. The van der Waals surface area contributed by atoms with Crippen LogP contribution in [0.15, 0.2) is 18.2 Å². The Labute approximate surface area is 68.9 Å². The zero-order valence-electron chi connectivity index (χ0n) is 5.90. The maximum absolute atomic E-state index is 12.5. The Kier molecular flexibility index (Phi) is 2.68. The highest BCUT2D eigenvalue weighted by Crippen LogP contribution is 2.18. The fraction of sp³-hybridized carbons (Fsp3) is 0.143.